The van der Waals surface area contributed by atoms with Gasteiger partial charge >= 0.3 is 0 Å². The first kappa shape index (κ1) is 16.1. The van der Waals surface area contributed by atoms with Gasteiger partial charge in [-0.2, -0.15) is 4.98 Å². The summed E-state index contributed by atoms with van der Waals surface area (Å²) in [5, 5.41) is 14.3. The van der Waals surface area contributed by atoms with Gasteiger partial charge in [-0.1, -0.05) is 48.8 Å². The Hall–Kier alpha value is -1.72. The zero-order valence-corrected chi connectivity index (χ0v) is 13.7. The summed E-state index contributed by atoms with van der Waals surface area (Å²) in [6, 6.07) is 10.4. The van der Waals surface area contributed by atoms with Crippen molar-refractivity contribution in [2.75, 3.05) is 6.54 Å². The summed E-state index contributed by atoms with van der Waals surface area (Å²) in [5.74, 6) is 1.36. The monoisotopic (exact) mass is 315 g/mol. The maximum absolute atomic E-state index is 10.2. The summed E-state index contributed by atoms with van der Waals surface area (Å²) >= 11 is 0. The molecule has 2 atom stereocenters. The summed E-state index contributed by atoms with van der Waals surface area (Å²) in [5.41, 5.74) is 1.18. The van der Waals surface area contributed by atoms with E-state index in [1.54, 1.807) is 0 Å². The largest absolute Gasteiger partial charge is 0.392 e. The van der Waals surface area contributed by atoms with Gasteiger partial charge in [0, 0.05) is 12.5 Å². The van der Waals surface area contributed by atoms with Gasteiger partial charge in [0.25, 0.3) is 0 Å². The van der Waals surface area contributed by atoms with E-state index in [0.29, 0.717) is 18.9 Å². The van der Waals surface area contributed by atoms with Gasteiger partial charge < -0.3 is 9.63 Å². The summed E-state index contributed by atoms with van der Waals surface area (Å²) < 4.78 is 5.42. The Kier molecular flexibility index (Phi) is 5.41. The Morgan fingerprint density at radius 1 is 1.30 bits per heavy atom. The Morgan fingerprint density at radius 3 is 2.91 bits per heavy atom. The normalized spacial score (nSPS) is 20.5. The lowest BCUT2D eigenvalue weighted by Crippen LogP contribution is -2.46. The molecule has 1 aliphatic heterocycles. The van der Waals surface area contributed by atoms with Gasteiger partial charge in [0.15, 0.2) is 5.82 Å². The van der Waals surface area contributed by atoms with Crippen LogP contribution in [0.25, 0.3) is 0 Å². The van der Waals surface area contributed by atoms with Gasteiger partial charge in [0.2, 0.25) is 5.89 Å². The summed E-state index contributed by atoms with van der Waals surface area (Å²) in [7, 11) is 0. The molecule has 1 N–H and O–H groups in total. The highest BCUT2D eigenvalue weighted by Crippen LogP contribution is 2.23. The molecule has 5 nitrogen and oxygen atoms in total. The topological polar surface area (TPSA) is 62.4 Å². The molecule has 1 aromatic carbocycles. The smallest absolute Gasteiger partial charge is 0.240 e. The van der Waals surface area contributed by atoms with E-state index < -0.39 is 0 Å². The van der Waals surface area contributed by atoms with Crippen LogP contribution >= 0.6 is 0 Å². The van der Waals surface area contributed by atoms with Crippen LogP contribution in [0.1, 0.15) is 49.9 Å². The number of aromatic nitrogens is 2. The minimum absolute atomic E-state index is 0.207. The lowest BCUT2D eigenvalue weighted by Gasteiger charge is -2.37. The van der Waals surface area contributed by atoms with E-state index in [1.165, 1.54) is 12.0 Å². The van der Waals surface area contributed by atoms with Crippen molar-refractivity contribution in [2.45, 2.75) is 57.7 Å². The van der Waals surface area contributed by atoms with Crippen LogP contribution in [0.4, 0.5) is 0 Å². The molecule has 0 bridgehead atoms. The molecular formula is C18H25N3O2. The Bertz CT molecular complexity index is 599. The molecule has 1 fully saturated rings. The lowest BCUT2D eigenvalue weighted by molar-refractivity contribution is 0.0145. The van der Waals surface area contributed by atoms with E-state index in [0.717, 1.165) is 31.6 Å². The van der Waals surface area contributed by atoms with Crippen molar-refractivity contribution in [2.24, 2.45) is 0 Å². The SMILES string of the molecule is CCC(O)C1CCCCN1Cc1nc(Cc2ccccc2)no1. The molecule has 124 valence electrons. The van der Waals surface area contributed by atoms with Crippen LogP contribution in [0, 0.1) is 0 Å². The number of hydrogen-bond donors (Lipinski definition) is 1. The van der Waals surface area contributed by atoms with Crippen LogP contribution < -0.4 is 0 Å². The zero-order chi connectivity index (χ0) is 16.1. The predicted octanol–water partition coefficient (Wildman–Crippen LogP) is 2.79. The third-order valence-electron chi connectivity index (χ3n) is 4.58. The zero-order valence-electron chi connectivity index (χ0n) is 13.7. The molecule has 3 rings (SSSR count). The number of benzene rings is 1. The average Bonchev–Trinajstić information content (AvgIpc) is 3.02. The molecule has 0 saturated carbocycles. The molecule has 0 spiro atoms. The summed E-state index contributed by atoms with van der Waals surface area (Å²) in [6.07, 6.45) is 4.58. The predicted molar refractivity (Wildman–Crippen MR) is 87.9 cm³/mol. The van der Waals surface area contributed by atoms with Crippen LogP contribution in [0.5, 0.6) is 0 Å². The van der Waals surface area contributed by atoms with Crippen LogP contribution in [-0.2, 0) is 13.0 Å². The van der Waals surface area contributed by atoms with E-state index >= 15 is 0 Å². The molecule has 2 aromatic rings. The van der Waals surface area contributed by atoms with Crippen molar-refractivity contribution in [1.82, 2.24) is 15.0 Å². The highest BCUT2D eigenvalue weighted by Gasteiger charge is 2.28. The van der Waals surface area contributed by atoms with Gasteiger partial charge in [0.05, 0.1) is 12.6 Å². The molecule has 23 heavy (non-hydrogen) atoms. The second-order valence-corrected chi connectivity index (χ2v) is 6.28. The quantitative estimate of drug-likeness (QED) is 0.888. The van der Waals surface area contributed by atoms with E-state index in [-0.39, 0.29) is 12.1 Å². The molecular weight excluding hydrogens is 290 g/mol. The first-order chi connectivity index (χ1) is 11.3. The first-order valence-corrected chi connectivity index (χ1v) is 8.53. The fourth-order valence-electron chi connectivity index (χ4n) is 3.30. The summed E-state index contributed by atoms with van der Waals surface area (Å²) in [4.78, 5) is 6.81. The van der Waals surface area contributed by atoms with Crippen LogP contribution in [0.3, 0.4) is 0 Å². The standard InChI is InChI=1S/C18H25N3O2/c1-2-16(22)15-10-6-7-11-21(15)13-18-19-17(20-23-18)12-14-8-4-3-5-9-14/h3-5,8-9,15-16,22H,2,6-7,10-13H2,1H3. The van der Waals surface area contributed by atoms with E-state index in [4.69, 9.17) is 4.52 Å². The van der Waals surface area contributed by atoms with Crippen LogP contribution in [0.2, 0.25) is 0 Å². The average molecular weight is 315 g/mol. The van der Waals surface area contributed by atoms with E-state index in [9.17, 15) is 5.11 Å². The number of nitrogens with zero attached hydrogens (tertiary/aromatic N) is 3. The Balaban J connectivity index is 1.63. The fourth-order valence-corrected chi connectivity index (χ4v) is 3.30. The van der Waals surface area contributed by atoms with Gasteiger partial charge in [-0.05, 0) is 31.4 Å². The van der Waals surface area contributed by atoms with Gasteiger partial charge in [-0.3, -0.25) is 4.90 Å². The molecule has 5 heteroatoms. The van der Waals surface area contributed by atoms with Crippen molar-refractivity contribution in [3.8, 4) is 0 Å². The maximum atomic E-state index is 10.2. The molecule has 2 unspecified atom stereocenters. The van der Waals surface area contributed by atoms with Crippen molar-refractivity contribution in [3.63, 3.8) is 0 Å². The van der Waals surface area contributed by atoms with Gasteiger partial charge in [-0.15, -0.1) is 0 Å². The second kappa shape index (κ2) is 7.70. The van der Waals surface area contributed by atoms with Crippen molar-refractivity contribution in [1.29, 1.82) is 0 Å². The lowest BCUT2D eigenvalue weighted by atomic mass is 9.96. The minimum atomic E-state index is -0.276. The van der Waals surface area contributed by atoms with E-state index in [1.807, 2.05) is 25.1 Å². The number of piperidine rings is 1. The number of aliphatic hydroxyl groups is 1. The van der Waals surface area contributed by atoms with Crippen molar-refractivity contribution < 1.29 is 9.63 Å². The molecule has 1 aromatic heterocycles. The Morgan fingerprint density at radius 2 is 2.13 bits per heavy atom. The molecule has 1 saturated heterocycles. The summed E-state index contributed by atoms with van der Waals surface area (Å²) in [6.45, 7) is 3.64. The maximum Gasteiger partial charge on any atom is 0.240 e. The number of hydrogen-bond acceptors (Lipinski definition) is 5. The fraction of sp³-hybridized carbons (Fsp3) is 0.556. The molecule has 0 amide bonds. The molecule has 1 aliphatic rings. The van der Waals surface area contributed by atoms with Gasteiger partial charge in [-0.25, -0.2) is 0 Å². The van der Waals surface area contributed by atoms with Crippen molar-refractivity contribution >= 4 is 0 Å². The molecule has 2 heterocycles. The minimum Gasteiger partial charge on any atom is -0.392 e. The van der Waals surface area contributed by atoms with Crippen LogP contribution in [0.15, 0.2) is 34.9 Å². The Labute approximate surface area is 137 Å². The number of rotatable bonds is 6. The van der Waals surface area contributed by atoms with Crippen molar-refractivity contribution in [3.05, 3.63) is 47.6 Å². The van der Waals surface area contributed by atoms with Gasteiger partial charge in [0.1, 0.15) is 0 Å². The third-order valence-corrected chi connectivity index (χ3v) is 4.58. The van der Waals surface area contributed by atoms with Crippen LogP contribution in [-0.4, -0.2) is 38.8 Å². The highest BCUT2D eigenvalue weighted by atomic mass is 16.5. The number of aliphatic hydroxyl groups excluding tert-OH is 1. The molecule has 0 aliphatic carbocycles. The third kappa shape index (κ3) is 4.18. The highest BCUT2D eigenvalue weighted by molar-refractivity contribution is 5.18. The number of likely N-dealkylation sites (tertiary alicyclic amines) is 1. The second-order valence-electron chi connectivity index (χ2n) is 6.28. The van der Waals surface area contributed by atoms with E-state index in [2.05, 4.69) is 27.2 Å². The first-order valence-electron chi connectivity index (χ1n) is 8.53. The molecule has 0 radical (unpaired) electrons.